The molecule has 0 aliphatic rings. The average molecular weight is 510 g/mol. The zero-order valence-corrected chi connectivity index (χ0v) is 20.6. The minimum atomic E-state index is -0.831. The number of aromatic nitrogens is 4. The lowest BCUT2D eigenvalue weighted by Gasteiger charge is -2.25. The molecule has 4 aromatic rings. The lowest BCUT2D eigenvalue weighted by atomic mass is 10.2. The van der Waals surface area contributed by atoms with E-state index in [1.165, 1.54) is 54.1 Å². The summed E-state index contributed by atoms with van der Waals surface area (Å²) in [5.41, 5.74) is -0.911. The van der Waals surface area contributed by atoms with Gasteiger partial charge in [0, 0.05) is 19.3 Å². The molecule has 0 atom stereocenters. The smallest absolute Gasteiger partial charge is 0.414 e. The number of nitrogens with one attached hydrogen (secondary N) is 1. The van der Waals surface area contributed by atoms with Crippen molar-refractivity contribution in [3.63, 3.8) is 0 Å². The Balaban J connectivity index is 1.81. The minimum Gasteiger partial charge on any atom is -0.463 e. The number of ether oxygens (including phenoxy) is 2. The molecule has 0 fully saturated rings. The topological polar surface area (TPSA) is 142 Å². The number of halogens is 1. The Morgan fingerprint density at radius 3 is 2.59 bits per heavy atom. The van der Waals surface area contributed by atoms with Crippen LogP contribution in [0.25, 0.3) is 16.9 Å². The Labute approximate surface area is 209 Å². The van der Waals surface area contributed by atoms with Gasteiger partial charge in [-0.3, -0.25) is 14.3 Å². The van der Waals surface area contributed by atoms with Crippen LogP contribution in [0.4, 0.5) is 26.4 Å². The van der Waals surface area contributed by atoms with Gasteiger partial charge in [0.2, 0.25) is 0 Å². The first-order valence-corrected chi connectivity index (χ1v) is 10.9. The maximum Gasteiger partial charge on any atom is 0.414 e. The number of carbonyl (C=O) groups is 2. The molecule has 0 saturated carbocycles. The van der Waals surface area contributed by atoms with Crippen molar-refractivity contribution in [2.75, 3.05) is 24.4 Å². The molecule has 0 unspecified atom stereocenters. The fourth-order valence-corrected chi connectivity index (χ4v) is 3.30. The highest BCUT2D eigenvalue weighted by Crippen LogP contribution is 2.31. The average Bonchev–Trinajstić information content (AvgIpc) is 3.27. The highest BCUT2D eigenvalue weighted by molar-refractivity contribution is 6.06. The lowest BCUT2D eigenvalue weighted by Crippen LogP contribution is -2.34. The first-order chi connectivity index (χ1) is 17.5. The summed E-state index contributed by atoms with van der Waals surface area (Å²) in [6.07, 6.45) is 1.77. The Kier molecular flexibility index (Phi) is 6.62. The first kappa shape index (κ1) is 25.3. The Morgan fingerprint density at radius 1 is 1.19 bits per heavy atom. The van der Waals surface area contributed by atoms with E-state index in [4.69, 9.17) is 14.0 Å². The van der Waals surface area contributed by atoms with Gasteiger partial charge in [-0.2, -0.15) is 0 Å². The van der Waals surface area contributed by atoms with Crippen LogP contribution in [0.1, 0.15) is 31.3 Å². The predicted octanol–water partition coefficient (Wildman–Crippen LogP) is 3.81. The summed E-state index contributed by atoms with van der Waals surface area (Å²) in [6, 6.07) is 7.07. The molecule has 0 aliphatic carbocycles. The van der Waals surface area contributed by atoms with Gasteiger partial charge in [0.05, 0.1) is 19.0 Å². The Morgan fingerprint density at radius 2 is 1.95 bits per heavy atom. The van der Waals surface area contributed by atoms with Crippen LogP contribution in [-0.2, 0) is 9.47 Å². The molecule has 1 N–H and O–H groups in total. The molecule has 13 heteroatoms. The number of anilines is 3. The van der Waals surface area contributed by atoms with Crippen molar-refractivity contribution in [3.8, 4) is 5.82 Å². The lowest BCUT2D eigenvalue weighted by molar-refractivity contribution is 0.0554. The van der Waals surface area contributed by atoms with Crippen LogP contribution in [0.5, 0.6) is 0 Å². The van der Waals surface area contributed by atoms with Crippen molar-refractivity contribution in [3.05, 3.63) is 64.7 Å². The molecule has 37 heavy (non-hydrogen) atoms. The molecule has 0 aromatic carbocycles. The number of methoxy groups -OCH3 is 1. The van der Waals surface area contributed by atoms with Gasteiger partial charge in [0.25, 0.3) is 11.3 Å². The van der Waals surface area contributed by atoms with E-state index in [-0.39, 0.29) is 39.8 Å². The number of hydrogen-bond donors (Lipinski definition) is 1. The number of esters is 1. The summed E-state index contributed by atoms with van der Waals surface area (Å²) < 4.78 is 29.8. The van der Waals surface area contributed by atoms with Crippen LogP contribution in [-0.4, -0.2) is 51.5 Å². The van der Waals surface area contributed by atoms with Gasteiger partial charge in [-0.1, -0.05) is 5.16 Å². The van der Waals surface area contributed by atoms with Crippen molar-refractivity contribution in [1.82, 2.24) is 19.7 Å². The van der Waals surface area contributed by atoms with Crippen molar-refractivity contribution < 1.29 is 28.0 Å². The highest BCUT2D eigenvalue weighted by Gasteiger charge is 2.27. The predicted molar refractivity (Wildman–Crippen MR) is 131 cm³/mol. The summed E-state index contributed by atoms with van der Waals surface area (Å²) in [7, 11) is 2.62. The highest BCUT2D eigenvalue weighted by atomic mass is 19.1. The molecule has 4 heterocycles. The molecule has 0 bridgehead atoms. The summed E-state index contributed by atoms with van der Waals surface area (Å²) in [6.45, 7) is 5.15. The number of nitrogens with zero attached hydrogens (tertiary/aromatic N) is 5. The first-order valence-electron chi connectivity index (χ1n) is 10.9. The summed E-state index contributed by atoms with van der Waals surface area (Å²) in [5.74, 6) is -1.37. The number of carbonyl (C=O) groups excluding carboxylic acids is 2. The van der Waals surface area contributed by atoms with E-state index in [1.54, 1.807) is 26.8 Å². The zero-order chi connectivity index (χ0) is 26.9. The molecule has 0 saturated heterocycles. The van der Waals surface area contributed by atoms with Crippen LogP contribution in [0.3, 0.4) is 0 Å². The van der Waals surface area contributed by atoms with E-state index in [2.05, 4.69) is 20.4 Å². The molecule has 0 spiro atoms. The maximum atomic E-state index is 13.3. The van der Waals surface area contributed by atoms with Gasteiger partial charge < -0.3 is 19.3 Å². The van der Waals surface area contributed by atoms with Crippen LogP contribution in [0.15, 0.2) is 52.0 Å². The summed E-state index contributed by atoms with van der Waals surface area (Å²) in [5, 5.41) is 6.79. The third-order valence-corrected chi connectivity index (χ3v) is 4.98. The van der Waals surface area contributed by atoms with Crippen molar-refractivity contribution >= 4 is 40.3 Å². The van der Waals surface area contributed by atoms with E-state index in [1.807, 2.05) is 0 Å². The molecule has 0 aliphatic heterocycles. The van der Waals surface area contributed by atoms with Crippen LogP contribution >= 0.6 is 0 Å². The number of hydrogen-bond acceptors (Lipinski definition) is 10. The van der Waals surface area contributed by atoms with E-state index in [9.17, 15) is 18.8 Å². The van der Waals surface area contributed by atoms with E-state index in [0.29, 0.717) is 0 Å². The van der Waals surface area contributed by atoms with Crippen molar-refractivity contribution in [2.45, 2.75) is 26.4 Å². The fourth-order valence-electron chi connectivity index (χ4n) is 3.30. The minimum absolute atomic E-state index is 0.00119. The molecule has 12 nitrogen and oxygen atoms in total. The number of fused-ring (bicyclic) bond motifs is 1. The molecule has 192 valence electrons. The zero-order valence-electron chi connectivity index (χ0n) is 20.6. The second-order valence-corrected chi connectivity index (χ2v) is 8.82. The normalized spacial score (nSPS) is 11.3. The van der Waals surface area contributed by atoms with Gasteiger partial charge in [-0.25, -0.2) is 23.9 Å². The number of pyridine rings is 3. The summed E-state index contributed by atoms with van der Waals surface area (Å²) >= 11 is 0. The Bertz CT molecular complexity index is 1540. The maximum absolute atomic E-state index is 13.3. The molecule has 0 radical (unpaired) electrons. The standard InChI is InChI=1S/C24H23FN6O6/c1-24(2,3)36-23(34)30(4)15-11-16(28-19-18(15)29-37-20(19)22(33)35-5)27-14-7-6-10-31(21(14)32)17-9-8-13(25)12-26-17/h6-12H,1-5H3,(H,27,28). The SMILES string of the molecule is COC(=O)c1onc2c(N(C)C(=O)OC(C)(C)C)cc(Nc3cccn(-c4ccc(F)cn4)c3=O)nc12. The molecular weight excluding hydrogens is 487 g/mol. The van der Waals surface area contributed by atoms with Gasteiger partial charge in [-0.15, -0.1) is 0 Å². The third-order valence-electron chi connectivity index (χ3n) is 4.98. The number of amides is 1. The van der Waals surface area contributed by atoms with Gasteiger partial charge in [0.1, 0.15) is 34.3 Å². The molecule has 4 aromatic heterocycles. The van der Waals surface area contributed by atoms with Gasteiger partial charge in [-0.05, 0) is 45.0 Å². The molecular formula is C24H23FN6O6. The third kappa shape index (κ3) is 5.24. The van der Waals surface area contributed by atoms with Crippen LogP contribution in [0, 0.1) is 5.82 Å². The van der Waals surface area contributed by atoms with Crippen LogP contribution in [0.2, 0.25) is 0 Å². The van der Waals surface area contributed by atoms with Crippen molar-refractivity contribution in [1.29, 1.82) is 0 Å². The quantitative estimate of drug-likeness (QED) is 0.394. The Hall–Kier alpha value is -4.81. The van der Waals surface area contributed by atoms with Crippen LogP contribution < -0.4 is 15.8 Å². The number of rotatable bonds is 5. The fraction of sp³-hybridized carbons (Fsp3) is 0.250. The second-order valence-electron chi connectivity index (χ2n) is 8.82. The van der Waals surface area contributed by atoms with E-state index < -0.39 is 29.0 Å². The van der Waals surface area contributed by atoms with Gasteiger partial charge in [0.15, 0.2) is 5.52 Å². The monoisotopic (exact) mass is 510 g/mol. The summed E-state index contributed by atoms with van der Waals surface area (Å²) in [4.78, 5) is 47.6. The second kappa shape index (κ2) is 9.68. The van der Waals surface area contributed by atoms with E-state index >= 15 is 0 Å². The van der Waals surface area contributed by atoms with E-state index in [0.717, 1.165) is 6.20 Å². The van der Waals surface area contributed by atoms with Crippen molar-refractivity contribution in [2.24, 2.45) is 0 Å². The molecule has 1 amide bonds. The van der Waals surface area contributed by atoms with Gasteiger partial charge >= 0.3 is 12.1 Å². The molecule has 4 rings (SSSR count). The largest absolute Gasteiger partial charge is 0.463 e.